The zero-order valence-electron chi connectivity index (χ0n) is 10.4. The van der Waals surface area contributed by atoms with Crippen molar-refractivity contribution in [1.29, 1.82) is 0 Å². The Morgan fingerprint density at radius 2 is 1.90 bits per heavy atom. The lowest BCUT2D eigenvalue weighted by Crippen LogP contribution is -2.20. The van der Waals surface area contributed by atoms with Crippen molar-refractivity contribution < 1.29 is 18.3 Å². The summed E-state index contributed by atoms with van der Waals surface area (Å²) in [6, 6.07) is 0. The average Bonchev–Trinajstić information content (AvgIpc) is 2.84. The van der Waals surface area contributed by atoms with Crippen LogP contribution in [0, 0.1) is 0 Å². The van der Waals surface area contributed by atoms with E-state index in [-0.39, 0.29) is 21.4 Å². The van der Waals surface area contributed by atoms with Gasteiger partial charge in [-0.05, 0) is 0 Å². The molecule has 0 bridgehead atoms. The summed E-state index contributed by atoms with van der Waals surface area (Å²) >= 11 is 5.77. The van der Waals surface area contributed by atoms with E-state index in [1.807, 2.05) is 0 Å². The van der Waals surface area contributed by atoms with E-state index in [4.69, 9.17) is 16.7 Å². The van der Waals surface area contributed by atoms with Crippen molar-refractivity contribution in [1.82, 2.24) is 19.6 Å². The van der Waals surface area contributed by atoms with E-state index in [0.29, 0.717) is 0 Å². The minimum absolute atomic E-state index is 0.0703. The molecule has 0 amide bonds. The lowest BCUT2D eigenvalue weighted by atomic mass is 10.3. The Morgan fingerprint density at radius 3 is 2.40 bits per heavy atom. The van der Waals surface area contributed by atoms with E-state index in [9.17, 15) is 13.2 Å². The van der Waals surface area contributed by atoms with Crippen LogP contribution in [0.3, 0.4) is 0 Å². The molecule has 0 aliphatic carbocycles. The van der Waals surface area contributed by atoms with Crippen molar-refractivity contribution in [2.24, 2.45) is 14.1 Å². The zero-order chi connectivity index (χ0) is 15.1. The van der Waals surface area contributed by atoms with Gasteiger partial charge in [-0.3, -0.25) is 14.1 Å². The Balaban J connectivity index is 2.50. The van der Waals surface area contributed by atoms with Gasteiger partial charge in [-0.25, -0.2) is 4.79 Å². The van der Waals surface area contributed by atoms with Gasteiger partial charge in [0.25, 0.3) is 10.0 Å². The number of hydrogen-bond donors (Lipinski definition) is 2. The molecule has 11 heteroatoms. The molecule has 2 aromatic rings. The third-order valence-electron chi connectivity index (χ3n) is 2.50. The first-order valence-corrected chi connectivity index (χ1v) is 7.05. The Hall–Kier alpha value is -2.07. The van der Waals surface area contributed by atoms with Gasteiger partial charge in [0.05, 0.1) is 17.4 Å². The van der Waals surface area contributed by atoms with Crippen LogP contribution in [0.5, 0.6) is 0 Å². The molecule has 20 heavy (non-hydrogen) atoms. The number of sulfonamides is 1. The lowest BCUT2D eigenvalue weighted by molar-refractivity contribution is 0.0698. The molecule has 0 radical (unpaired) electrons. The van der Waals surface area contributed by atoms with Crippen LogP contribution in [-0.4, -0.2) is 39.1 Å². The minimum Gasteiger partial charge on any atom is -0.477 e. The van der Waals surface area contributed by atoms with Crippen LogP contribution in [-0.2, 0) is 24.1 Å². The number of halogens is 1. The van der Waals surface area contributed by atoms with Crippen LogP contribution < -0.4 is 4.72 Å². The minimum atomic E-state index is -4.09. The van der Waals surface area contributed by atoms with Crippen molar-refractivity contribution in [3.05, 3.63) is 23.0 Å². The van der Waals surface area contributed by atoms with Crippen LogP contribution in [0.2, 0.25) is 5.02 Å². The maximum Gasteiger partial charge on any atom is 0.341 e. The summed E-state index contributed by atoms with van der Waals surface area (Å²) in [5, 5.41) is 16.1. The van der Waals surface area contributed by atoms with Gasteiger partial charge in [-0.1, -0.05) is 11.6 Å². The van der Waals surface area contributed by atoms with Gasteiger partial charge in [0.1, 0.15) is 5.56 Å². The van der Waals surface area contributed by atoms with Gasteiger partial charge in [0, 0.05) is 14.1 Å². The first kappa shape index (κ1) is 14.3. The first-order valence-electron chi connectivity index (χ1n) is 5.19. The van der Waals surface area contributed by atoms with E-state index >= 15 is 0 Å². The average molecular weight is 320 g/mol. The predicted molar refractivity (Wildman–Crippen MR) is 69.2 cm³/mol. The number of carboxylic acids is 1. The normalized spacial score (nSPS) is 11.6. The summed E-state index contributed by atoms with van der Waals surface area (Å²) in [4.78, 5) is 11.0. The molecule has 0 saturated carbocycles. The molecule has 9 nitrogen and oxygen atoms in total. The van der Waals surface area contributed by atoms with Gasteiger partial charge in [0.2, 0.25) is 0 Å². The molecule has 0 atom stereocenters. The van der Waals surface area contributed by atoms with E-state index < -0.39 is 16.0 Å². The molecule has 0 aliphatic rings. The van der Waals surface area contributed by atoms with Gasteiger partial charge in [0.15, 0.2) is 10.8 Å². The molecule has 0 unspecified atom stereocenters. The second-order valence-corrected chi connectivity index (χ2v) is 5.87. The molecule has 0 aliphatic heterocycles. The number of rotatable bonds is 4. The summed E-state index contributed by atoms with van der Waals surface area (Å²) in [5.41, 5.74) is -0.269. The molecule has 108 valence electrons. The van der Waals surface area contributed by atoms with Crippen LogP contribution in [0.1, 0.15) is 10.4 Å². The molecule has 2 aromatic heterocycles. The molecular weight excluding hydrogens is 310 g/mol. The van der Waals surface area contributed by atoms with E-state index in [0.717, 1.165) is 15.6 Å². The third kappa shape index (κ3) is 2.34. The highest BCUT2D eigenvalue weighted by atomic mass is 35.5. The highest BCUT2D eigenvalue weighted by Gasteiger charge is 2.26. The van der Waals surface area contributed by atoms with Gasteiger partial charge in [-0.2, -0.15) is 18.6 Å². The Labute approximate surface area is 118 Å². The molecule has 0 spiro atoms. The lowest BCUT2D eigenvalue weighted by Gasteiger charge is -2.09. The first-order chi connectivity index (χ1) is 9.24. The van der Waals surface area contributed by atoms with E-state index in [1.165, 1.54) is 20.3 Å². The number of nitrogens with one attached hydrogen (secondary N) is 1. The zero-order valence-corrected chi connectivity index (χ0v) is 12.0. The largest absolute Gasteiger partial charge is 0.477 e. The van der Waals surface area contributed by atoms with Crippen molar-refractivity contribution in [2.45, 2.75) is 5.03 Å². The summed E-state index contributed by atoms with van der Waals surface area (Å²) in [6.45, 7) is 0. The molecule has 2 heterocycles. The topological polar surface area (TPSA) is 119 Å². The molecular formula is C9H10ClN5O4S. The predicted octanol–water partition coefficient (Wildman–Crippen LogP) is 0.306. The van der Waals surface area contributed by atoms with E-state index in [1.54, 1.807) is 0 Å². The summed E-state index contributed by atoms with van der Waals surface area (Å²) in [6.07, 6.45) is 2.22. The number of hydrogen-bond acceptors (Lipinski definition) is 5. The van der Waals surface area contributed by atoms with Crippen molar-refractivity contribution in [3.63, 3.8) is 0 Å². The third-order valence-corrected chi connectivity index (χ3v) is 4.34. The van der Waals surface area contributed by atoms with Crippen LogP contribution in [0.4, 0.5) is 5.82 Å². The molecule has 2 rings (SSSR count). The van der Waals surface area contributed by atoms with Crippen LogP contribution in [0.15, 0.2) is 17.4 Å². The number of carboxylic acid groups (broad SMARTS) is 1. The highest BCUT2D eigenvalue weighted by Crippen LogP contribution is 2.24. The number of aromatic nitrogens is 4. The van der Waals surface area contributed by atoms with Gasteiger partial charge >= 0.3 is 5.97 Å². The molecule has 2 N–H and O–H groups in total. The summed E-state index contributed by atoms with van der Waals surface area (Å²) < 4.78 is 28.8. The number of aromatic carboxylic acids is 1. The second-order valence-electron chi connectivity index (χ2n) is 3.86. The fourth-order valence-electron chi connectivity index (χ4n) is 1.59. The maximum absolute atomic E-state index is 12.2. The maximum atomic E-state index is 12.2. The Morgan fingerprint density at radius 1 is 1.30 bits per heavy atom. The fraction of sp³-hybridized carbons (Fsp3) is 0.222. The van der Waals surface area contributed by atoms with Crippen molar-refractivity contribution >= 4 is 33.4 Å². The number of nitrogens with zero attached hydrogens (tertiary/aromatic N) is 4. The summed E-state index contributed by atoms with van der Waals surface area (Å²) in [5.74, 6) is -1.47. The standard InChI is InChI=1S/C9H10ClN5O4S/c1-14-7(5(3-11-14)9(16)17)13-20(18,19)8-6(10)4-12-15(8)2/h3-4,13H,1-2H3,(H,16,17). The van der Waals surface area contributed by atoms with E-state index in [2.05, 4.69) is 14.9 Å². The Kier molecular flexibility index (Phi) is 3.44. The Bertz CT molecular complexity index is 759. The van der Waals surface area contributed by atoms with Crippen LogP contribution in [0.25, 0.3) is 0 Å². The monoisotopic (exact) mass is 319 g/mol. The number of carbonyl (C=O) groups is 1. The second kappa shape index (κ2) is 4.80. The number of anilines is 1. The van der Waals surface area contributed by atoms with Crippen LogP contribution >= 0.6 is 11.6 Å². The van der Waals surface area contributed by atoms with Gasteiger partial charge in [-0.15, -0.1) is 0 Å². The SMILES string of the molecule is Cn1ncc(C(=O)O)c1NS(=O)(=O)c1c(Cl)cnn1C. The molecule has 0 fully saturated rings. The summed E-state index contributed by atoms with van der Waals surface area (Å²) in [7, 11) is -1.27. The molecule has 0 aromatic carbocycles. The highest BCUT2D eigenvalue weighted by molar-refractivity contribution is 7.92. The van der Waals surface area contributed by atoms with Crippen molar-refractivity contribution in [3.8, 4) is 0 Å². The molecule has 0 saturated heterocycles. The van der Waals surface area contributed by atoms with Gasteiger partial charge < -0.3 is 5.11 Å². The quantitative estimate of drug-likeness (QED) is 0.836. The smallest absolute Gasteiger partial charge is 0.341 e. The fourth-order valence-corrected chi connectivity index (χ4v) is 3.36. The van der Waals surface area contributed by atoms with Crippen molar-refractivity contribution in [2.75, 3.05) is 4.72 Å². The number of aryl methyl sites for hydroxylation is 2.